The molecule has 0 spiro atoms. The predicted octanol–water partition coefficient (Wildman–Crippen LogP) is 2.33. The van der Waals surface area contributed by atoms with E-state index in [0.29, 0.717) is 30.1 Å². The molecule has 0 atom stereocenters. The molecule has 1 aromatic heterocycles. The van der Waals surface area contributed by atoms with Crippen LogP contribution in [-0.4, -0.2) is 28.7 Å². The minimum absolute atomic E-state index is 0.00765. The maximum atomic E-state index is 13.7. The number of nitrogens with two attached hydrogens (primary N) is 1. The topological polar surface area (TPSA) is 82.5 Å². The van der Waals surface area contributed by atoms with E-state index in [9.17, 15) is 9.18 Å². The summed E-state index contributed by atoms with van der Waals surface area (Å²) < 4.78 is 20.4. The zero-order valence-corrected chi connectivity index (χ0v) is 14.1. The molecule has 2 N–H and O–H groups in total. The van der Waals surface area contributed by atoms with Gasteiger partial charge >= 0.3 is 0 Å². The molecule has 132 valence electrons. The van der Waals surface area contributed by atoms with Gasteiger partial charge in [-0.2, -0.15) is 5.10 Å². The number of aliphatic imine (C=N–C) groups is 1. The minimum Gasteiger partial charge on any atom is -0.394 e. The molecule has 6 nitrogen and oxygen atoms in total. The van der Waals surface area contributed by atoms with Gasteiger partial charge in [0.25, 0.3) is 5.56 Å². The van der Waals surface area contributed by atoms with E-state index < -0.39 is 0 Å². The molecule has 3 rings (SSSR count). The van der Waals surface area contributed by atoms with Gasteiger partial charge in [-0.3, -0.25) is 9.79 Å². The Hall–Kier alpha value is -2.54. The van der Waals surface area contributed by atoms with Gasteiger partial charge in [-0.25, -0.2) is 9.07 Å². The lowest BCUT2D eigenvalue weighted by atomic mass is 10.1. The van der Waals surface area contributed by atoms with Crippen LogP contribution in [0.3, 0.4) is 0 Å². The van der Waals surface area contributed by atoms with Gasteiger partial charge in [-0.15, -0.1) is 0 Å². The van der Waals surface area contributed by atoms with E-state index in [4.69, 9.17) is 10.5 Å². The molecule has 0 aliphatic carbocycles. The predicted molar refractivity (Wildman–Crippen MR) is 94.3 cm³/mol. The second-order valence-corrected chi connectivity index (χ2v) is 6.06. The van der Waals surface area contributed by atoms with Crippen molar-refractivity contribution >= 4 is 11.4 Å². The van der Waals surface area contributed by atoms with Crippen molar-refractivity contribution in [2.45, 2.75) is 32.4 Å². The van der Waals surface area contributed by atoms with Crippen LogP contribution < -0.4 is 11.3 Å². The van der Waals surface area contributed by atoms with Crippen LogP contribution >= 0.6 is 0 Å². The minimum atomic E-state index is -0.315. The van der Waals surface area contributed by atoms with Gasteiger partial charge in [0.2, 0.25) is 0 Å². The van der Waals surface area contributed by atoms with Crippen LogP contribution in [-0.2, 0) is 11.3 Å². The van der Waals surface area contributed by atoms with Crippen LogP contribution in [0.1, 0.15) is 36.9 Å². The van der Waals surface area contributed by atoms with E-state index in [0.717, 1.165) is 12.8 Å². The normalized spacial score (nSPS) is 16.2. The summed E-state index contributed by atoms with van der Waals surface area (Å²) in [7, 11) is 0. The number of nitrogens with zero attached hydrogens (tertiary/aromatic N) is 3. The van der Waals surface area contributed by atoms with Gasteiger partial charge in [0.05, 0.1) is 18.8 Å². The van der Waals surface area contributed by atoms with Crippen LogP contribution in [0.4, 0.5) is 10.1 Å². The van der Waals surface area contributed by atoms with Crippen LogP contribution in [0.5, 0.6) is 0 Å². The first-order valence-corrected chi connectivity index (χ1v) is 8.28. The van der Waals surface area contributed by atoms with E-state index in [1.807, 2.05) is 0 Å². The number of anilines is 1. The van der Waals surface area contributed by atoms with Gasteiger partial charge in [0.15, 0.2) is 0 Å². The first-order valence-electron chi connectivity index (χ1n) is 8.28. The van der Waals surface area contributed by atoms with Crippen molar-refractivity contribution in [2.24, 2.45) is 4.99 Å². The van der Waals surface area contributed by atoms with Gasteiger partial charge in [-0.05, 0) is 25.8 Å². The molecule has 2 heterocycles. The number of hydrogen-bond donors (Lipinski definition) is 1. The van der Waals surface area contributed by atoms with E-state index in [-0.39, 0.29) is 29.7 Å². The third-order valence-corrected chi connectivity index (χ3v) is 4.41. The lowest BCUT2D eigenvalue weighted by molar-refractivity contribution is 0.0648. The van der Waals surface area contributed by atoms with E-state index in [1.165, 1.54) is 10.7 Å². The van der Waals surface area contributed by atoms with Crippen molar-refractivity contribution < 1.29 is 9.13 Å². The van der Waals surface area contributed by atoms with Crippen LogP contribution in [0.15, 0.2) is 40.2 Å². The van der Waals surface area contributed by atoms with E-state index >= 15 is 0 Å². The highest BCUT2D eigenvalue weighted by atomic mass is 19.1. The Bertz CT molecular complexity index is 841. The standard InChI is InChI=1S/C18H21FN4O2/c1-12(21-10-13-4-2-3-5-16(13)19)15-11-22-23(18(24)17(15)20)14-6-8-25-9-7-14/h2-5,11,14H,6-10,20H2,1H3. The number of benzene rings is 1. The number of aromatic nitrogens is 2. The first kappa shape index (κ1) is 17.3. The molecular weight excluding hydrogens is 323 g/mol. The largest absolute Gasteiger partial charge is 0.394 e. The average Bonchev–Trinajstić information content (AvgIpc) is 2.64. The molecule has 1 fully saturated rings. The fraction of sp³-hybridized carbons (Fsp3) is 0.389. The lowest BCUT2D eigenvalue weighted by Gasteiger charge is -2.23. The second kappa shape index (κ2) is 7.57. The maximum absolute atomic E-state index is 13.7. The smallest absolute Gasteiger partial charge is 0.290 e. The summed E-state index contributed by atoms with van der Waals surface area (Å²) in [4.78, 5) is 16.9. The highest BCUT2D eigenvalue weighted by Gasteiger charge is 2.20. The Kier molecular flexibility index (Phi) is 5.23. The third-order valence-electron chi connectivity index (χ3n) is 4.41. The summed E-state index contributed by atoms with van der Waals surface area (Å²) in [6.07, 6.45) is 3.05. The molecule has 0 amide bonds. The number of nitrogen functional groups attached to an aromatic ring is 1. The molecule has 0 unspecified atom stereocenters. The van der Waals surface area contributed by atoms with Crippen molar-refractivity contribution in [3.8, 4) is 0 Å². The maximum Gasteiger partial charge on any atom is 0.290 e. The monoisotopic (exact) mass is 344 g/mol. The molecular formula is C18H21FN4O2. The van der Waals surface area contributed by atoms with Crippen molar-refractivity contribution in [3.05, 3.63) is 57.8 Å². The first-order chi connectivity index (χ1) is 12.1. The van der Waals surface area contributed by atoms with Gasteiger partial charge < -0.3 is 10.5 Å². The van der Waals surface area contributed by atoms with Gasteiger partial charge in [0, 0.05) is 30.1 Å². The zero-order chi connectivity index (χ0) is 17.8. The molecule has 7 heteroatoms. The molecule has 0 radical (unpaired) electrons. The summed E-state index contributed by atoms with van der Waals surface area (Å²) >= 11 is 0. The van der Waals surface area contributed by atoms with Crippen LogP contribution in [0.2, 0.25) is 0 Å². The quantitative estimate of drug-likeness (QED) is 0.863. The summed E-state index contributed by atoms with van der Waals surface area (Å²) in [6.45, 7) is 3.15. The number of hydrogen-bond acceptors (Lipinski definition) is 5. The Balaban J connectivity index is 1.84. The lowest BCUT2D eigenvalue weighted by Crippen LogP contribution is -2.33. The molecule has 1 aromatic carbocycles. The Morgan fingerprint density at radius 3 is 2.84 bits per heavy atom. The number of halogens is 1. The summed E-state index contributed by atoms with van der Waals surface area (Å²) in [5, 5.41) is 4.27. The van der Waals surface area contributed by atoms with Crippen molar-refractivity contribution in [1.29, 1.82) is 0 Å². The summed E-state index contributed by atoms with van der Waals surface area (Å²) in [5.41, 5.74) is 7.38. The fourth-order valence-corrected chi connectivity index (χ4v) is 2.87. The SMILES string of the molecule is CC(=NCc1ccccc1F)c1cnn(C2CCOCC2)c(=O)c1N. The van der Waals surface area contributed by atoms with Gasteiger partial charge in [0.1, 0.15) is 11.5 Å². The highest BCUT2D eigenvalue weighted by molar-refractivity contribution is 6.02. The molecule has 0 saturated carbocycles. The van der Waals surface area contributed by atoms with Crippen molar-refractivity contribution in [1.82, 2.24) is 9.78 Å². The highest BCUT2D eigenvalue weighted by Crippen LogP contribution is 2.19. The second-order valence-electron chi connectivity index (χ2n) is 6.06. The molecule has 0 bridgehead atoms. The Morgan fingerprint density at radius 2 is 2.12 bits per heavy atom. The van der Waals surface area contributed by atoms with Crippen molar-refractivity contribution in [3.63, 3.8) is 0 Å². The fourth-order valence-electron chi connectivity index (χ4n) is 2.87. The van der Waals surface area contributed by atoms with Crippen LogP contribution in [0, 0.1) is 5.82 Å². The average molecular weight is 344 g/mol. The molecule has 25 heavy (non-hydrogen) atoms. The van der Waals surface area contributed by atoms with Crippen LogP contribution in [0.25, 0.3) is 0 Å². The molecule has 1 aliphatic heterocycles. The number of rotatable bonds is 4. The summed E-state index contributed by atoms with van der Waals surface area (Å²) in [6, 6.07) is 6.47. The Morgan fingerprint density at radius 1 is 1.40 bits per heavy atom. The molecule has 1 saturated heterocycles. The third kappa shape index (κ3) is 3.76. The summed E-state index contributed by atoms with van der Waals surface area (Å²) in [5.74, 6) is -0.305. The number of ether oxygens (including phenoxy) is 1. The van der Waals surface area contributed by atoms with E-state index in [2.05, 4.69) is 10.1 Å². The molecule has 1 aliphatic rings. The Labute approximate surface area is 145 Å². The zero-order valence-electron chi connectivity index (χ0n) is 14.1. The van der Waals surface area contributed by atoms with E-state index in [1.54, 1.807) is 31.3 Å². The molecule has 2 aromatic rings. The van der Waals surface area contributed by atoms with Crippen molar-refractivity contribution in [2.75, 3.05) is 18.9 Å². The van der Waals surface area contributed by atoms with Gasteiger partial charge in [-0.1, -0.05) is 18.2 Å².